The Bertz CT molecular complexity index is 721. The molecular weight excluding hydrogens is 275 g/mol. The van der Waals surface area contributed by atoms with Gasteiger partial charge in [-0.15, -0.1) is 0 Å². The lowest BCUT2D eigenvalue weighted by molar-refractivity contribution is -0.136. The van der Waals surface area contributed by atoms with Crippen molar-refractivity contribution in [3.63, 3.8) is 0 Å². The fraction of sp³-hybridized carbons (Fsp3) is 0.214. The maximum absolute atomic E-state index is 13.1. The highest BCUT2D eigenvalue weighted by Gasteiger charge is 2.33. The second-order valence-electron chi connectivity index (χ2n) is 4.64. The number of methoxy groups -OCH3 is 1. The summed E-state index contributed by atoms with van der Waals surface area (Å²) in [5, 5.41) is 7.16. The largest absolute Gasteiger partial charge is 0.466 e. The average molecular weight is 288 g/mol. The molecule has 1 aliphatic rings. The van der Waals surface area contributed by atoms with Gasteiger partial charge in [-0.2, -0.15) is 10.1 Å². The first-order valence-electron chi connectivity index (χ1n) is 6.33. The molecule has 0 fully saturated rings. The van der Waals surface area contributed by atoms with Crippen molar-refractivity contribution >= 4 is 11.9 Å². The highest BCUT2D eigenvalue weighted by molar-refractivity contribution is 5.92. The number of esters is 1. The van der Waals surface area contributed by atoms with Gasteiger partial charge in [0, 0.05) is 5.70 Å². The molecule has 0 unspecified atom stereocenters. The molecule has 108 valence electrons. The number of aromatic nitrogens is 3. The van der Waals surface area contributed by atoms with E-state index in [1.165, 1.54) is 25.6 Å². The summed E-state index contributed by atoms with van der Waals surface area (Å²) in [6, 6.07) is 5.42. The van der Waals surface area contributed by atoms with Gasteiger partial charge in [0.1, 0.15) is 18.2 Å². The monoisotopic (exact) mass is 288 g/mol. The molecule has 2 aromatic rings. The van der Waals surface area contributed by atoms with Gasteiger partial charge in [-0.1, -0.05) is 12.1 Å². The zero-order valence-corrected chi connectivity index (χ0v) is 11.5. The van der Waals surface area contributed by atoms with E-state index in [4.69, 9.17) is 4.74 Å². The SMILES string of the molecule is COC(=O)C1=C(C)Nc2ncnn2[C@@H]1c1ccc(F)cc1. The third-order valence-electron chi connectivity index (χ3n) is 3.39. The number of hydrogen-bond acceptors (Lipinski definition) is 5. The van der Waals surface area contributed by atoms with E-state index in [2.05, 4.69) is 15.4 Å². The fourth-order valence-corrected chi connectivity index (χ4v) is 2.42. The van der Waals surface area contributed by atoms with E-state index < -0.39 is 12.0 Å². The Hall–Kier alpha value is -2.70. The van der Waals surface area contributed by atoms with E-state index in [9.17, 15) is 9.18 Å². The molecule has 0 amide bonds. The summed E-state index contributed by atoms with van der Waals surface area (Å²) in [5.74, 6) is -0.281. The molecule has 1 atom stereocenters. The number of allylic oxidation sites excluding steroid dienone is 1. The van der Waals surface area contributed by atoms with Crippen molar-refractivity contribution in [2.24, 2.45) is 0 Å². The first-order chi connectivity index (χ1) is 10.1. The summed E-state index contributed by atoms with van der Waals surface area (Å²) in [4.78, 5) is 16.2. The van der Waals surface area contributed by atoms with Crippen LogP contribution in [-0.4, -0.2) is 27.8 Å². The van der Waals surface area contributed by atoms with Crippen LogP contribution < -0.4 is 5.32 Å². The van der Waals surface area contributed by atoms with E-state index in [0.29, 0.717) is 17.2 Å². The summed E-state index contributed by atoms with van der Waals surface area (Å²) in [7, 11) is 1.32. The Morgan fingerprint density at radius 1 is 1.38 bits per heavy atom. The predicted molar refractivity (Wildman–Crippen MR) is 72.9 cm³/mol. The van der Waals surface area contributed by atoms with Crippen LogP contribution in [0.25, 0.3) is 0 Å². The smallest absolute Gasteiger partial charge is 0.338 e. The lowest BCUT2D eigenvalue weighted by Crippen LogP contribution is -2.29. The van der Waals surface area contributed by atoms with Crippen LogP contribution in [0, 0.1) is 5.82 Å². The number of hydrogen-bond donors (Lipinski definition) is 1. The highest BCUT2D eigenvalue weighted by Crippen LogP contribution is 2.34. The first-order valence-corrected chi connectivity index (χ1v) is 6.33. The summed E-state index contributed by atoms with van der Waals surface area (Å²) < 4.78 is 19.6. The van der Waals surface area contributed by atoms with E-state index in [-0.39, 0.29) is 5.82 Å². The van der Waals surface area contributed by atoms with Gasteiger partial charge < -0.3 is 10.1 Å². The van der Waals surface area contributed by atoms with Crippen LogP contribution in [0.15, 0.2) is 41.9 Å². The molecule has 0 saturated heterocycles. The Kier molecular flexibility index (Phi) is 3.17. The topological polar surface area (TPSA) is 69.0 Å². The van der Waals surface area contributed by atoms with Gasteiger partial charge in [0.05, 0.1) is 12.7 Å². The number of carbonyl (C=O) groups is 1. The molecule has 0 bridgehead atoms. The fourth-order valence-electron chi connectivity index (χ4n) is 2.42. The molecule has 3 rings (SSSR count). The summed E-state index contributed by atoms with van der Waals surface area (Å²) >= 11 is 0. The number of nitrogens with zero attached hydrogens (tertiary/aromatic N) is 3. The number of carbonyl (C=O) groups excluding carboxylic acids is 1. The van der Waals surface area contributed by atoms with Gasteiger partial charge in [-0.3, -0.25) is 0 Å². The molecule has 6 nitrogen and oxygen atoms in total. The van der Waals surface area contributed by atoms with E-state index in [1.54, 1.807) is 23.7 Å². The molecule has 7 heteroatoms. The number of fused-ring (bicyclic) bond motifs is 1. The quantitative estimate of drug-likeness (QED) is 0.854. The molecule has 0 saturated carbocycles. The highest BCUT2D eigenvalue weighted by atomic mass is 19.1. The molecule has 2 heterocycles. The summed E-state index contributed by atoms with van der Waals surface area (Å²) in [6.07, 6.45) is 1.40. The van der Waals surface area contributed by atoms with Crippen LogP contribution in [0.3, 0.4) is 0 Å². The predicted octanol–water partition coefficient (Wildman–Crippen LogP) is 1.88. The molecule has 1 N–H and O–H groups in total. The van der Waals surface area contributed by atoms with Crippen LogP contribution in [0.4, 0.5) is 10.3 Å². The third-order valence-corrected chi connectivity index (χ3v) is 3.39. The molecular formula is C14H13FN4O2. The number of anilines is 1. The number of nitrogens with one attached hydrogen (secondary N) is 1. The standard InChI is InChI=1S/C14H13FN4O2/c1-8-11(13(20)21-2)12(9-3-5-10(15)6-4-9)19-14(18-8)16-7-17-19/h3-7,12H,1-2H3,(H,16,17,18)/t12-/m1/s1. The first kappa shape index (κ1) is 13.3. The summed E-state index contributed by atoms with van der Waals surface area (Å²) in [6.45, 7) is 1.76. The van der Waals surface area contributed by atoms with Crippen molar-refractivity contribution in [1.82, 2.24) is 14.8 Å². The molecule has 0 aliphatic carbocycles. The molecule has 1 aliphatic heterocycles. The Balaban J connectivity index is 2.17. The van der Waals surface area contributed by atoms with Crippen molar-refractivity contribution < 1.29 is 13.9 Å². The molecule has 1 aromatic heterocycles. The molecule has 0 radical (unpaired) electrons. The lowest BCUT2D eigenvalue weighted by Gasteiger charge is -2.27. The Morgan fingerprint density at radius 2 is 2.10 bits per heavy atom. The van der Waals surface area contributed by atoms with Crippen molar-refractivity contribution in [2.75, 3.05) is 12.4 Å². The summed E-state index contributed by atoms with van der Waals surface area (Å²) in [5.41, 5.74) is 1.78. The molecule has 1 aromatic carbocycles. The van der Waals surface area contributed by atoms with Crippen LogP contribution >= 0.6 is 0 Å². The van der Waals surface area contributed by atoms with Gasteiger partial charge in [0.2, 0.25) is 5.95 Å². The number of benzene rings is 1. The van der Waals surface area contributed by atoms with Gasteiger partial charge >= 0.3 is 5.97 Å². The second-order valence-corrected chi connectivity index (χ2v) is 4.64. The van der Waals surface area contributed by atoms with Crippen LogP contribution in [0.5, 0.6) is 0 Å². The van der Waals surface area contributed by atoms with Gasteiger partial charge in [-0.05, 0) is 24.6 Å². The van der Waals surface area contributed by atoms with E-state index in [1.807, 2.05) is 0 Å². The minimum absolute atomic E-state index is 0.341. The van der Waals surface area contributed by atoms with Crippen molar-refractivity contribution in [3.05, 3.63) is 53.2 Å². The number of rotatable bonds is 2. The van der Waals surface area contributed by atoms with Crippen molar-refractivity contribution in [3.8, 4) is 0 Å². The van der Waals surface area contributed by atoms with Gasteiger partial charge in [-0.25, -0.2) is 13.9 Å². The van der Waals surface area contributed by atoms with Crippen LogP contribution in [0.1, 0.15) is 18.5 Å². The van der Waals surface area contributed by atoms with Crippen LogP contribution in [-0.2, 0) is 9.53 Å². The van der Waals surface area contributed by atoms with Crippen molar-refractivity contribution in [2.45, 2.75) is 13.0 Å². The average Bonchev–Trinajstić information content (AvgIpc) is 2.94. The van der Waals surface area contributed by atoms with E-state index >= 15 is 0 Å². The zero-order chi connectivity index (χ0) is 15.0. The zero-order valence-electron chi connectivity index (χ0n) is 11.5. The Labute approximate surface area is 120 Å². The number of ether oxygens (including phenoxy) is 1. The van der Waals surface area contributed by atoms with Gasteiger partial charge in [0.25, 0.3) is 0 Å². The second kappa shape index (κ2) is 5.01. The molecule has 0 spiro atoms. The van der Waals surface area contributed by atoms with Gasteiger partial charge in [0.15, 0.2) is 0 Å². The number of halogens is 1. The minimum atomic E-state index is -0.503. The maximum Gasteiger partial charge on any atom is 0.338 e. The van der Waals surface area contributed by atoms with E-state index in [0.717, 1.165) is 5.56 Å². The normalized spacial score (nSPS) is 17.2. The maximum atomic E-state index is 13.1. The van der Waals surface area contributed by atoms with Crippen molar-refractivity contribution in [1.29, 1.82) is 0 Å². The minimum Gasteiger partial charge on any atom is -0.466 e. The molecule has 21 heavy (non-hydrogen) atoms. The van der Waals surface area contributed by atoms with Crippen LogP contribution in [0.2, 0.25) is 0 Å². The Morgan fingerprint density at radius 3 is 2.76 bits per heavy atom. The lowest BCUT2D eigenvalue weighted by atomic mass is 9.96. The third kappa shape index (κ3) is 2.16.